The number of anilines is 1. The van der Waals surface area contributed by atoms with Crippen molar-refractivity contribution in [2.45, 2.75) is 45.6 Å². The van der Waals surface area contributed by atoms with E-state index in [0.29, 0.717) is 12.0 Å². The molecule has 114 valence electrons. The third kappa shape index (κ3) is 2.54. The molecule has 2 aromatic heterocycles. The van der Waals surface area contributed by atoms with Gasteiger partial charge in [0.05, 0.1) is 5.39 Å². The SMILES string of the molecule is CCCC(C)C1CCCN1c1ncnc2c1c(Br)nn2C. The Morgan fingerprint density at radius 1 is 1.43 bits per heavy atom. The number of fused-ring (bicyclic) bond motifs is 1. The van der Waals surface area contributed by atoms with Gasteiger partial charge in [-0.15, -0.1) is 0 Å². The summed E-state index contributed by atoms with van der Waals surface area (Å²) >= 11 is 3.56. The van der Waals surface area contributed by atoms with Gasteiger partial charge in [-0.05, 0) is 41.1 Å². The van der Waals surface area contributed by atoms with Gasteiger partial charge < -0.3 is 4.90 Å². The predicted octanol–water partition coefficient (Wildman–Crippen LogP) is 3.53. The minimum Gasteiger partial charge on any atom is -0.353 e. The molecular weight excluding hydrogens is 330 g/mol. The van der Waals surface area contributed by atoms with Gasteiger partial charge in [0.2, 0.25) is 0 Å². The molecule has 2 aromatic rings. The van der Waals surface area contributed by atoms with Crippen LogP contribution in [0.15, 0.2) is 10.9 Å². The molecule has 0 radical (unpaired) electrons. The zero-order valence-electron chi connectivity index (χ0n) is 12.9. The van der Waals surface area contributed by atoms with Gasteiger partial charge in [0, 0.05) is 19.6 Å². The van der Waals surface area contributed by atoms with E-state index in [4.69, 9.17) is 0 Å². The van der Waals surface area contributed by atoms with Crippen molar-refractivity contribution >= 4 is 32.8 Å². The molecule has 1 fully saturated rings. The Labute approximate surface area is 133 Å². The topological polar surface area (TPSA) is 46.8 Å². The Kier molecular flexibility index (Phi) is 4.15. The minimum absolute atomic E-state index is 0.579. The van der Waals surface area contributed by atoms with E-state index in [1.165, 1.54) is 25.7 Å². The Hall–Kier alpha value is -1.17. The first-order valence-electron chi connectivity index (χ1n) is 7.73. The van der Waals surface area contributed by atoms with Gasteiger partial charge >= 0.3 is 0 Å². The smallest absolute Gasteiger partial charge is 0.164 e. The van der Waals surface area contributed by atoms with Crippen molar-refractivity contribution in [2.75, 3.05) is 11.4 Å². The van der Waals surface area contributed by atoms with Gasteiger partial charge in [0.1, 0.15) is 16.7 Å². The molecule has 0 amide bonds. The van der Waals surface area contributed by atoms with E-state index < -0.39 is 0 Å². The lowest BCUT2D eigenvalue weighted by Gasteiger charge is -2.30. The minimum atomic E-state index is 0.579. The molecule has 3 rings (SSSR count). The van der Waals surface area contributed by atoms with Crippen LogP contribution in [0.3, 0.4) is 0 Å². The molecule has 0 bridgehead atoms. The van der Waals surface area contributed by atoms with Crippen molar-refractivity contribution in [1.82, 2.24) is 19.7 Å². The average molecular weight is 352 g/mol. The third-order valence-corrected chi connectivity index (χ3v) is 5.09. The van der Waals surface area contributed by atoms with Gasteiger partial charge in [-0.2, -0.15) is 5.10 Å². The van der Waals surface area contributed by atoms with E-state index in [2.05, 4.69) is 49.7 Å². The van der Waals surface area contributed by atoms with Crippen molar-refractivity contribution in [3.8, 4) is 0 Å². The van der Waals surface area contributed by atoms with Crippen LogP contribution in [-0.2, 0) is 7.05 Å². The summed E-state index contributed by atoms with van der Waals surface area (Å²) in [5, 5.41) is 5.47. The van der Waals surface area contributed by atoms with E-state index in [-0.39, 0.29) is 0 Å². The molecule has 6 heteroatoms. The van der Waals surface area contributed by atoms with Gasteiger partial charge in [0.15, 0.2) is 5.65 Å². The van der Waals surface area contributed by atoms with E-state index in [1.54, 1.807) is 6.33 Å². The molecular formula is C15H22BrN5. The maximum atomic E-state index is 4.59. The summed E-state index contributed by atoms with van der Waals surface area (Å²) < 4.78 is 2.65. The summed E-state index contributed by atoms with van der Waals surface area (Å²) in [4.78, 5) is 11.4. The van der Waals surface area contributed by atoms with Crippen LogP contribution in [-0.4, -0.2) is 32.3 Å². The molecule has 1 saturated heterocycles. The first-order chi connectivity index (χ1) is 10.1. The Morgan fingerprint density at radius 3 is 3.00 bits per heavy atom. The highest BCUT2D eigenvalue weighted by atomic mass is 79.9. The van der Waals surface area contributed by atoms with E-state index >= 15 is 0 Å². The summed E-state index contributed by atoms with van der Waals surface area (Å²) in [5.74, 6) is 1.73. The first-order valence-corrected chi connectivity index (χ1v) is 8.52. The lowest BCUT2D eigenvalue weighted by atomic mass is 9.95. The van der Waals surface area contributed by atoms with Crippen LogP contribution in [0.2, 0.25) is 0 Å². The Morgan fingerprint density at radius 2 is 2.24 bits per heavy atom. The average Bonchev–Trinajstić information content (AvgIpc) is 3.05. The fourth-order valence-electron chi connectivity index (χ4n) is 3.54. The molecule has 1 aliphatic heterocycles. The summed E-state index contributed by atoms with van der Waals surface area (Å²) in [7, 11) is 1.92. The fraction of sp³-hybridized carbons (Fsp3) is 0.667. The van der Waals surface area contributed by atoms with Crippen molar-refractivity contribution in [1.29, 1.82) is 0 Å². The number of aromatic nitrogens is 4. The standard InChI is InChI=1S/C15H22BrN5/c1-4-6-10(2)11-7-5-8-21(11)15-12-13(16)19-20(3)14(12)17-9-18-15/h9-11H,4-8H2,1-3H3. The number of aryl methyl sites for hydroxylation is 1. The second-order valence-electron chi connectivity index (χ2n) is 5.98. The second kappa shape index (κ2) is 5.91. The maximum absolute atomic E-state index is 4.59. The third-order valence-electron chi connectivity index (χ3n) is 4.53. The lowest BCUT2D eigenvalue weighted by Crippen LogP contribution is -2.35. The van der Waals surface area contributed by atoms with Gasteiger partial charge in [-0.1, -0.05) is 20.3 Å². The van der Waals surface area contributed by atoms with E-state index in [9.17, 15) is 0 Å². The molecule has 5 nitrogen and oxygen atoms in total. The second-order valence-corrected chi connectivity index (χ2v) is 6.73. The van der Waals surface area contributed by atoms with Crippen LogP contribution in [0.1, 0.15) is 39.5 Å². The molecule has 1 aliphatic rings. The zero-order chi connectivity index (χ0) is 15.0. The van der Waals surface area contributed by atoms with Gasteiger partial charge in [-0.3, -0.25) is 0 Å². The first kappa shape index (κ1) is 14.8. The largest absolute Gasteiger partial charge is 0.353 e. The highest BCUT2D eigenvalue weighted by molar-refractivity contribution is 9.10. The zero-order valence-corrected chi connectivity index (χ0v) is 14.5. The summed E-state index contributed by atoms with van der Waals surface area (Å²) in [6.45, 7) is 5.70. The number of hydrogen-bond donors (Lipinski definition) is 0. The Bertz CT molecular complexity index is 638. The molecule has 21 heavy (non-hydrogen) atoms. The summed E-state index contributed by atoms with van der Waals surface area (Å²) in [6.07, 6.45) is 6.66. The van der Waals surface area contributed by atoms with Crippen molar-refractivity contribution in [3.05, 3.63) is 10.9 Å². The van der Waals surface area contributed by atoms with Crippen LogP contribution < -0.4 is 4.90 Å². The quantitative estimate of drug-likeness (QED) is 0.845. The van der Waals surface area contributed by atoms with E-state index in [0.717, 1.165) is 28.0 Å². The van der Waals surface area contributed by atoms with Crippen LogP contribution in [0.25, 0.3) is 11.0 Å². The number of nitrogens with zero attached hydrogens (tertiary/aromatic N) is 5. The summed E-state index contributed by atoms with van der Waals surface area (Å²) in [5.41, 5.74) is 0.890. The normalized spacial score (nSPS) is 20.4. The molecule has 3 heterocycles. The fourth-order valence-corrected chi connectivity index (χ4v) is 4.13. The molecule has 0 aromatic carbocycles. The molecule has 0 N–H and O–H groups in total. The molecule has 0 spiro atoms. The lowest BCUT2D eigenvalue weighted by molar-refractivity contribution is 0.420. The summed E-state index contributed by atoms with van der Waals surface area (Å²) in [6, 6.07) is 0.579. The van der Waals surface area contributed by atoms with Crippen molar-refractivity contribution < 1.29 is 0 Å². The molecule has 2 atom stereocenters. The van der Waals surface area contributed by atoms with Crippen LogP contribution in [0.5, 0.6) is 0 Å². The monoisotopic (exact) mass is 351 g/mol. The van der Waals surface area contributed by atoms with Crippen LogP contribution in [0, 0.1) is 5.92 Å². The molecule has 2 unspecified atom stereocenters. The van der Waals surface area contributed by atoms with Gasteiger partial charge in [-0.25, -0.2) is 14.6 Å². The Balaban J connectivity index is 2.03. The number of rotatable bonds is 4. The molecule has 0 saturated carbocycles. The highest BCUT2D eigenvalue weighted by Crippen LogP contribution is 2.36. The predicted molar refractivity (Wildman–Crippen MR) is 88.4 cm³/mol. The van der Waals surface area contributed by atoms with Crippen molar-refractivity contribution in [3.63, 3.8) is 0 Å². The van der Waals surface area contributed by atoms with Crippen LogP contribution >= 0.6 is 15.9 Å². The highest BCUT2D eigenvalue weighted by Gasteiger charge is 2.31. The molecule has 0 aliphatic carbocycles. The maximum Gasteiger partial charge on any atom is 0.164 e. The number of hydrogen-bond acceptors (Lipinski definition) is 4. The number of halogens is 1. The van der Waals surface area contributed by atoms with Crippen LogP contribution in [0.4, 0.5) is 5.82 Å². The van der Waals surface area contributed by atoms with Crippen molar-refractivity contribution in [2.24, 2.45) is 13.0 Å². The van der Waals surface area contributed by atoms with Gasteiger partial charge in [0.25, 0.3) is 0 Å². The van der Waals surface area contributed by atoms with E-state index in [1.807, 2.05) is 11.7 Å².